The van der Waals surface area contributed by atoms with Crippen LogP contribution in [0.15, 0.2) is 24.3 Å². The second-order valence-electron chi connectivity index (χ2n) is 5.35. The fourth-order valence-corrected chi connectivity index (χ4v) is 2.44. The van der Waals surface area contributed by atoms with E-state index in [1.165, 1.54) is 0 Å². The van der Waals surface area contributed by atoms with Gasteiger partial charge in [0.25, 0.3) is 5.91 Å². The minimum absolute atomic E-state index is 0.131. The van der Waals surface area contributed by atoms with E-state index in [9.17, 15) is 4.79 Å². The molecule has 0 saturated heterocycles. The molecule has 6 nitrogen and oxygen atoms in total. The maximum atomic E-state index is 12.3. The molecule has 110 valence electrons. The smallest absolute Gasteiger partial charge is 0.256 e. The summed E-state index contributed by atoms with van der Waals surface area (Å²) in [4.78, 5) is 14.3. The Bertz CT molecular complexity index is 645. The molecular weight excluding hydrogens is 266 g/mol. The van der Waals surface area contributed by atoms with Crippen molar-refractivity contribution in [2.24, 2.45) is 0 Å². The molecule has 0 bridgehead atoms. The highest BCUT2D eigenvalue weighted by Crippen LogP contribution is 2.21. The van der Waals surface area contributed by atoms with Gasteiger partial charge in [-0.15, -0.1) is 0 Å². The van der Waals surface area contributed by atoms with Gasteiger partial charge in [-0.3, -0.25) is 9.89 Å². The van der Waals surface area contributed by atoms with Gasteiger partial charge >= 0.3 is 0 Å². The van der Waals surface area contributed by atoms with Crippen LogP contribution in [0.3, 0.4) is 0 Å². The first-order valence-electron chi connectivity index (χ1n) is 7.00. The Balaban J connectivity index is 1.75. The van der Waals surface area contributed by atoms with Gasteiger partial charge in [0.05, 0.1) is 5.69 Å². The molecule has 6 heteroatoms. The largest absolute Gasteiger partial charge is 0.378 e. The minimum atomic E-state index is -0.131. The first-order chi connectivity index (χ1) is 10.1. The average Bonchev–Trinajstić information content (AvgIpc) is 2.91. The molecule has 1 aromatic heterocycles. The third-order valence-corrected chi connectivity index (χ3v) is 3.68. The second kappa shape index (κ2) is 5.57. The van der Waals surface area contributed by atoms with Crippen molar-refractivity contribution >= 4 is 17.4 Å². The van der Waals surface area contributed by atoms with Gasteiger partial charge in [-0.05, 0) is 37.2 Å². The molecular formula is C15H19N5O. The van der Waals surface area contributed by atoms with Gasteiger partial charge in [-0.2, -0.15) is 5.10 Å². The van der Waals surface area contributed by atoms with Gasteiger partial charge < -0.3 is 15.5 Å². The lowest BCUT2D eigenvalue weighted by atomic mass is 10.1. The number of carbonyl (C=O) groups excluding carboxylic acids is 1. The number of anilines is 2. The van der Waals surface area contributed by atoms with Crippen molar-refractivity contribution < 1.29 is 4.79 Å². The van der Waals surface area contributed by atoms with Crippen LogP contribution in [0.5, 0.6) is 0 Å². The van der Waals surface area contributed by atoms with E-state index in [1.807, 2.05) is 43.3 Å². The van der Waals surface area contributed by atoms with Crippen molar-refractivity contribution in [3.8, 4) is 0 Å². The van der Waals surface area contributed by atoms with E-state index in [0.29, 0.717) is 11.4 Å². The summed E-state index contributed by atoms with van der Waals surface area (Å²) >= 11 is 0. The summed E-state index contributed by atoms with van der Waals surface area (Å²) in [5.74, 6) is 0.515. The molecule has 3 rings (SSSR count). The number of nitrogens with zero attached hydrogens (tertiary/aromatic N) is 2. The Morgan fingerprint density at radius 3 is 2.76 bits per heavy atom. The van der Waals surface area contributed by atoms with Crippen LogP contribution in [0.2, 0.25) is 0 Å². The van der Waals surface area contributed by atoms with E-state index >= 15 is 0 Å². The molecule has 0 aliphatic carbocycles. The third kappa shape index (κ3) is 2.75. The summed E-state index contributed by atoms with van der Waals surface area (Å²) in [6.07, 6.45) is 0.876. The highest BCUT2D eigenvalue weighted by Gasteiger charge is 2.18. The molecule has 1 aliphatic rings. The SMILES string of the molecule is CN(C)c1ccc(C(=O)Nc2n[nH]c3c2CCNC3)cc1. The number of amides is 1. The Morgan fingerprint density at radius 1 is 1.29 bits per heavy atom. The highest BCUT2D eigenvalue weighted by molar-refractivity contribution is 6.04. The molecule has 3 N–H and O–H groups in total. The molecule has 0 atom stereocenters. The van der Waals surface area contributed by atoms with Crippen molar-refractivity contribution in [1.29, 1.82) is 0 Å². The quantitative estimate of drug-likeness (QED) is 0.796. The van der Waals surface area contributed by atoms with Crippen LogP contribution in [-0.4, -0.2) is 36.7 Å². The molecule has 1 aliphatic heterocycles. The number of benzene rings is 1. The monoisotopic (exact) mass is 285 g/mol. The molecule has 0 saturated carbocycles. The lowest BCUT2D eigenvalue weighted by molar-refractivity contribution is 0.102. The summed E-state index contributed by atoms with van der Waals surface area (Å²) in [6, 6.07) is 7.51. The number of carbonyl (C=O) groups is 1. The molecule has 0 radical (unpaired) electrons. The zero-order valence-electron chi connectivity index (χ0n) is 12.2. The van der Waals surface area contributed by atoms with Crippen molar-refractivity contribution in [2.45, 2.75) is 13.0 Å². The first-order valence-corrected chi connectivity index (χ1v) is 7.00. The van der Waals surface area contributed by atoms with Crippen LogP contribution < -0.4 is 15.5 Å². The normalized spacial score (nSPS) is 13.6. The summed E-state index contributed by atoms with van der Waals surface area (Å²) in [5, 5.41) is 13.3. The topological polar surface area (TPSA) is 73.0 Å². The number of nitrogens with one attached hydrogen (secondary N) is 3. The fraction of sp³-hybridized carbons (Fsp3) is 0.333. The molecule has 0 spiro atoms. The van der Waals surface area contributed by atoms with Gasteiger partial charge in [-0.1, -0.05) is 0 Å². The van der Waals surface area contributed by atoms with Crippen LogP contribution in [0.25, 0.3) is 0 Å². The van der Waals surface area contributed by atoms with Crippen molar-refractivity contribution in [2.75, 3.05) is 30.9 Å². The molecule has 21 heavy (non-hydrogen) atoms. The summed E-state index contributed by atoms with van der Waals surface area (Å²) < 4.78 is 0. The zero-order valence-corrected chi connectivity index (χ0v) is 12.2. The molecule has 2 heterocycles. The maximum Gasteiger partial charge on any atom is 0.256 e. The number of rotatable bonds is 3. The van der Waals surface area contributed by atoms with Crippen LogP contribution in [0.1, 0.15) is 21.6 Å². The number of fused-ring (bicyclic) bond motifs is 1. The number of aromatic nitrogens is 2. The molecule has 1 amide bonds. The predicted molar refractivity (Wildman–Crippen MR) is 82.7 cm³/mol. The van der Waals surface area contributed by atoms with Gasteiger partial charge in [0, 0.05) is 37.5 Å². The van der Waals surface area contributed by atoms with E-state index in [-0.39, 0.29) is 5.91 Å². The van der Waals surface area contributed by atoms with E-state index in [0.717, 1.165) is 36.5 Å². The van der Waals surface area contributed by atoms with Crippen LogP contribution >= 0.6 is 0 Å². The molecule has 1 aromatic carbocycles. The number of aromatic amines is 1. The molecule has 0 fully saturated rings. The second-order valence-corrected chi connectivity index (χ2v) is 5.35. The van der Waals surface area contributed by atoms with Crippen molar-refractivity contribution in [1.82, 2.24) is 15.5 Å². The predicted octanol–water partition coefficient (Wildman–Crippen LogP) is 1.37. The van der Waals surface area contributed by atoms with E-state index < -0.39 is 0 Å². The van der Waals surface area contributed by atoms with Crippen LogP contribution in [0, 0.1) is 0 Å². The van der Waals surface area contributed by atoms with E-state index in [4.69, 9.17) is 0 Å². The van der Waals surface area contributed by atoms with Crippen LogP contribution in [0.4, 0.5) is 11.5 Å². The van der Waals surface area contributed by atoms with Crippen molar-refractivity contribution in [3.05, 3.63) is 41.1 Å². The number of hydrogen-bond donors (Lipinski definition) is 3. The first kappa shape index (κ1) is 13.6. The Kier molecular flexibility index (Phi) is 3.62. The van der Waals surface area contributed by atoms with Gasteiger partial charge in [0.2, 0.25) is 0 Å². The summed E-state index contributed by atoms with van der Waals surface area (Å²) in [7, 11) is 3.94. The summed E-state index contributed by atoms with van der Waals surface area (Å²) in [6.45, 7) is 1.68. The summed E-state index contributed by atoms with van der Waals surface area (Å²) in [5.41, 5.74) is 3.85. The highest BCUT2D eigenvalue weighted by atomic mass is 16.1. The van der Waals surface area contributed by atoms with E-state index in [1.54, 1.807) is 0 Å². The Morgan fingerprint density at radius 2 is 2.05 bits per heavy atom. The Labute approximate surface area is 123 Å². The van der Waals surface area contributed by atoms with Crippen LogP contribution in [-0.2, 0) is 13.0 Å². The maximum absolute atomic E-state index is 12.3. The van der Waals surface area contributed by atoms with Crippen molar-refractivity contribution in [3.63, 3.8) is 0 Å². The molecule has 2 aromatic rings. The minimum Gasteiger partial charge on any atom is -0.378 e. The zero-order chi connectivity index (χ0) is 14.8. The van der Waals surface area contributed by atoms with Gasteiger partial charge in [0.15, 0.2) is 5.82 Å². The lowest BCUT2D eigenvalue weighted by Gasteiger charge is -2.14. The fourth-order valence-electron chi connectivity index (χ4n) is 2.44. The standard InChI is InChI=1S/C15H19N5O/c1-20(2)11-5-3-10(4-6-11)15(21)17-14-12-7-8-16-9-13(12)18-19-14/h3-6,16H,7-9H2,1-2H3,(H2,17,18,19,21). The average molecular weight is 285 g/mol. The van der Waals surface area contributed by atoms with Gasteiger partial charge in [-0.25, -0.2) is 0 Å². The van der Waals surface area contributed by atoms with E-state index in [2.05, 4.69) is 20.8 Å². The molecule has 0 unspecified atom stereocenters. The van der Waals surface area contributed by atoms with Gasteiger partial charge in [0.1, 0.15) is 0 Å². The number of hydrogen-bond acceptors (Lipinski definition) is 4. The lowest BCUT2D eigenvalue weighted by Crippen LogP contribution is -2.24. The Hall–Kier alpha value is -2.34. The third-order valence-electron chi connectivity index (χ3n) is 3.68. The number of H-pyrrole nitrogens is 1.